The van der Waals surface area contributed by atoms with E-state index in [0.717, 1.165) is 11.1 Å². The third-order valence-corrected chi connectivity index (χ3v) is 3.02. The number of hydrogen-bond donors (Lipinski definition) is 2. The number of benzene rings is 2. The smallest absolute Gasteiger partial charge is 0.267 e. The topological polar surface area (TPSA) is 64.3 Å². The Labute approximate surface area is 122 Å². The van der Waals surface area contributed by atoms with Gasteiger partial charge >= 0.3 is 0 Å². The van der Waals surface area contributed by atoms with Crippen molar-refractivity contribution < 1.29 is 9.53 Å². The van der Waals surface area contributed by atoms with Crippen molar-refractivity contribution in [3.63, 3.8) is 0 Å². The molecule has 0 radical (unpaired) electrons. The molecule has 3 N–H and O–H groups in total. The zero-order valence-electron chi connectivity index (χ0n) is 10.8. The summed E-state index contributed by atoms with van der Waals surface area (Å²) in [6.45, 7) is 0.271. The molecule has 0 spiro atoms. The van der Waals surface area contributed by atoms with Gasteiger partial charge in [0, 0.05) is 5.02 Å². The molecule has 4 nitrogen and oxygen atoms in total. The Morgan fingerprint density at radius 1 is 1.20 bits per heavy atom. The van der Waals surface area contributed by atoms with Crippen molar-refractivity contribution in [3.05, 3.63) is 70.7 Å². The van der Waals surface area contributed by atoms with E-state index in [4.69, 9.17) is 22.2 Å². The minimum atomic E-state index is -0.750. The predicted octanol–water partition coefficient (Wildman–Crippen LogP) is 2.59. The fourth-order valence-electron chi connectivity index (χ4n) is 1.83. The first-order valence-corrected chi connectivity index (χ1v) is 6.50. The van der Waals surface area contributed by atoms with Crippen LogP contribution in [0.2, 0.25) is 5.02 Å². The summed E-state index contributed by atoms with van der Waals surface area (Å²) in [7, 11) is 0. The highest BCUT2D eigenvalue weighted by atomic mass is 35.5. The van der Waals surface area contributed by atoms with Crippen molar-refractivity contribution in [1.82, 2.24) is 5.43 Å². The summed E-state index contributed by atoms with van der Waals surface area (Å²) in [5, 5.41) is 0.630. The van der Waals surface area contributed by atoms with E-state index in [2.05, 4.69) is 5.43 Å². The van der Waals surface area contributed by atoms with Crippen LogP contribution in [0, 0.1) is 0 Å². The predicted molar refractivity (Wildman–Crippen MR) is 77.8 cm³/mol. The second-order valence-electron chi connectivity index (χ2n) is 4.24. The number of hydrazine groups is 1. The lowest BCUT2D eigenvalue weighted by Gasteiger charge is -2.16. The lowest BCUT2D eigenvalue weighted by molar-refractivity contribution is -0.134. The van der Waals surface area contributed by atoms with Crippen molar-refractivity contribution in [3.8, 4) is 0 Å². The van der Waals surface area contributed by atoms with E-state index < -0.39 is 12.0 Å². The molecule has 2 aromatic rings. The molecular formula is C15H15ClN2O2. The summed E-state index contributed by atoms with van der Waals surface area (Å²) in [5.74, 6) is 4.81. The molecule has 1 amide bonds. The van der Waals surface area contributed by atoms with Crippen LogP contribution in [0.25, 0.3) is 0 Å². The maximum absolute atomic E-state index is 11.8. The maximum atomic E-state index is 11.8. The van der Waals surface area contributed by atoms with Crippen molar-refractivity contribution >= 4 is 17.5 Å². The van der Waals surface area contributed by atoms with Crippen LogP contribution in [0.15, 0.2) is 54.6 Å². The Kier molecular flexibility index (Phi) is 5.12. The number of rotatable bonds is 5. The normalized spacial score (nSPS) is 11.9. The average Bonchev–Trinajstić information content (AvgIpc) is 2.48. The van der Waals surface area contributed by atoms with Gasteiger partial charge in [0.25, 0.3) is 5.91 Å². The standard InChI is InChI=1S/C15H15ClN2O2/c16-13-8-4-5-11(9-13)10-20-14(15(19)18-17)12-6-2-1-3-7-12/h1-9,14H,10,17H2,(H,18,19). The van der Waals surface area contributed by atoms with Gasteiger partial charge < -0.3 is 4.74 Å². The fraction of sp³-hybridized carbons (Fsp3) is 0.133. The maximum Gasteiger partial charge on any atom is 0.267 e. The van der Waals surface area contributed by atoms with E-state index in [-0.39, 0.29) is 6.61 Å². The number of hydrogen-bond acceptors (Lipinski definition) is 3. The number of halogens is 1. The summed E-state index contributed by atoms with van der Waals surface area (Å²) in [5.41, 5.74) is 3.76. The molecule has 0 aromatic heterocycles. The van der Waals surface area contributed by atoms with E-state index in [1.54, 1.807) is 12.1 Å². The van der Waals surface area contributed by atoms with Gasteiger partial charge in [0.05, 0.1) is 6.61 Å². The number of nitrogens with two attached hydrogens (primary N) is 1. The van der Waals surface area contributed by atoms with Crippen LogP contribution >= 0.6 is 11.6 Å². The monoisotopic (exact) mass is 290 g/mol. The molecule has 0 aliphatic rings. The third kappa shape index (κ3) is 3.81. The highest BCUT2D eigenvalue weighted by molar-refractivity contribution is 6.30. The van der Waals surface area contributed by atoms with Crippen molar-refractivity contribution in [2.45, 2.75) is 12.7 Å². The Hall–Kier alpha value is -1.88. The highest BCUT2D eigenvalue weighted by Crippen LogP contribution is 2.20. The molecule has 1 atom stereocenters. The van der Waals surface area contributed by atoms with Crippen LogP contribution in [-0.2, 0) is 16.1 Å². The SMILES string of the molecule is NNC(=O)C(OCc1cccc(Cl)c1)c1ccccc1. The Morgan fingerprint density at radius 2 is 1.95 bits per heavy atom. The van der Waals surface area contributed by atoms with Crippen LogP contribution < -0.4 is 11.3 Å². The second-order valence-corrected chi connectivity index (χ2v) is 4.68. The van der Waals surface area contributed by atoms with Gasteiger partial charge in [-0.25, -0.2) is 5.84 Å². The van der Waals surface area contributed by atoms with Crippen molar-refractivity contribution in [2.24, 2.45) is 5.84 Å². The molecule has 1 unspecified atom stereocenters. The molecule has 0 heterocycles. The Bertz CT molecular complexity index is 575. The molecule has 0 saturated heterocycles. The van der Waals surface area contributed by atoms with Gasteiger partial charge in [-0.2, -0.15) is 0 Å². The summed E-state index contributed by atoms with van der Waals surface area (Å²) >= 11 is 5.91. The van der Waals surface area contributed by atoms with Gasteiger partial charge in [-0.15, -0.1) is 0 Å². The van der Waals surface area contributed by atoms with Gasteiger partial charge in [0.15, 0.2) is 6.10 Å². The van der Waals surface area contributed by atoms with Gasteiger partial charge in [0.1, 0.15) is 0 Å². The molecular weight excluding hydrogens is 276 g/mol. The molecule has 2 aromatic carbocycles. The molecule has 2 rings (SSSR count). The van der Waals surface area contributed by atoms with E-state index in [1.165, 1.54) is 0 Å². The molecule has 0 saturated carbocycles. The summed E-state index contributed by atoms with van der Waals surface area (Å²) in [4.78, 5) is 11.8. The van der Waals surface area contributed by atoms with Gasteiger partial charge in [-0.1, -0.05) is 54.1 Å². The van der Waals surface area contributed by atoms with Crippen molar-refractivity contribution in [1.29, 1.82) is 0 Å². The number of nitrogens with one attached hydrogen (secondary N) is 1. The first-order chi connectivity index (χ1) is 9.70. The van der Waals surface area contributed by atoms with Gasteiger partial charge in [-0.05, 0) is 23.3 Å². The molecule has 104 valence electrons. The highest BCUT2D eigenvalue weighted by Gasteiger charge is 2.20. The number of carbonyl (C=O) groups excluding carboxylic acids is 1. The summed E-state index contributed by atoms with van der Waals surface area (Å²) < 4.78 is 5.67. The zero-order valence-corrected chi connectivity index (χ0v) is 11.5. The number of ether oxygens (including phenoxy) is 1. The van der Waals surface area contributed by atoms with Crippen LogP contribution in [-0.4, -0.2) is 5.91 Å². The molecule has 0 fully saturated rings. The molecule has 5 heteroatoms. The number of amides is 1. The average molecular weight is 291 g/mol. The Balaban J connectivity index is 2.11. The fourth-order valence-corrected chi connectivity index (χ4v) is 2.05. The van der Waals surface area contributed by atoms with Crippen LogP contribution in [0.5, 0.6) is 0 Å². The van der Waals surface area contributed by atoms with E-state index in [0.29, 0.717) is 5.02 Å². The molecule has 20 heavy (non-hydrogen) atoms. The minimum absolute atomic E-state index is 0.271. The molecule has 0 aliphatic carbocycles. The molecule has 0 aliphatic heterocycles. The molecule has 0 bridgehead atoms. The van der Waals surface area contributed by atoms with Gasteiger partial charge in [0.2, 0.25) is 0 Å². The van der Waals surface area contributed by atoms with Crippen molar-refractivity contribution in [2.75, 3.05) is 0 Å². The lowest BCUT2D eigenvalue weighted by Crippen LogP contribution is -2.35. The van der Waals surface area contributed by atoms with Crippen LogP contribution in [0.3, 0.4) is 0 Å². The largest absolute Gasteiger partial charge is 0.359 e. The quantitative estimate of drug-likeness (QED) is 0.505. The minimum Gasteiger partial charge on any atom is -0.359 e. The van der Waals surface area contributed by atoms with Crippen LogP contribution in [0.4, 0.5) is 0 Å². The lowest BCUT2D eigenvalue weighted by atomic mass is 10.1. The Morgan fingerprint density at radius 3 is 2.60 bits per heavy atom. The van der Waals surface area contributed by atoms with E-state index in [1.807, 2.05) is 42.5 Å². The van der Waals surface area contributed by atoms with Gasteiger partial charge in [-0.3, -0.25) is 10.2 Å². The zero-order chi connectivity index (χ0) is 14.4. The summed E-state index contributed by atoms with van der Waals surface area (Å²) in [6.07, 6.45) is -0.750. The summed E-state index contributed by atoms with van der Waals surface area (Å²) in [6, 6.07) is 16.5. The first kappa shape index (κ1) is 14.5. The second kappa shape index (κ2) is 7.05. The number of carbonyl (C=O) groups is 1. The first-order valence-electron chi connectivity index (χ1n) is 6.12. The van der Waals surface area contributed by atoms with E-state index in [9.17, 15) is 4.79 Å². The van der Waals surface area contributed by atoms with Crippen LogP contribution in [0.1, 0.15) is 17.2 Å². The third-order valence-electron chi connectivity index (χ3n) is 2.79. The van der Waals surface area contributed by atoms with E-state index >= 15 is 0 Å².